The van der Waals surface area contributed by atoms with Crippen LogP contribution in [0.15, 0.2) is 79.3 Å². The van der Waals surface area contributed by atoms with Gasteiger partial charge in [0.05, 0.1) is 5.56 Å². The van der Waals surface area contributed by atoms with Gasteiger partial charge < -0.3 is 10.6 Å². The maximum absolute atomic E-state index is 13.0. The number of carbonyl (C=O) groups excluding carboxylic acids is 1. The van der Waals surface area contributed by atoms with Crippen LogP contribution in [-0.2, 0) is 5.41 Å². The molecule has 0 aliphatic rings. The molecule has 31 heavy (non-hydrogen) atoms. The Kier molecular flexibility index (Phi) is 5.67. The summed E-state index contributed by atoms with van der Waals surface area (Å²) in [5.74, 6) is 0.299. The Morgan fingerprint density at radius 1 is 0.935 bits per heavy atom. The number of anilines is 3. The normalized spacial score (nSPS) is 11.3. The lowest BCUT2D eigenvalue weighted by Crippen LogP contribution is -2.16. The Balaban J connectivity index is 1.54. The van der Waals surface area contributed by atoms with E-state index in [0.717, 1.165) is 28.6 Å². The van der Waals surface area contributed by atoms with Crippen LogP contribution >= 0.6 is 0 Å². The summed E-state index contributed by atoms with van der Waals surface area (Å²) in [6.07, 6.45) is 6.31. The van der Waals surface area contributed by atoms with Crippen LogP contribution in [0.4, 0.5) is 17.2 Å². The van der Waals surface area contributed by atoms with Crippen molar-refractivity contribution in [1.29, 1.82) is 0 Å². The number of nitrogens with zero attached hydrogens (tertiary/aromatic N) is 2. The van der Waals surface area contributed by atoms with Crippen LogP contribution in [0, 0.1) is 0 Å². The van der Waals surface area contributed by atoms with Crippen molar-refractivity contribution in [2.24, 2.45) is 0 Å². The maximum atomic E-state index is 13.0. The molecule has 5 heteroatoms. The largest absolute Gasteiger partial charge is 0.340 e. The molecule has 0 saturated carbocycles. The number of carbonyl (C=O) groups is 1. The lowest BCUT2D eigenvalue weighted by molar-refractivity contribution is 0.102. The molecule has 2 N–H and O–H groups in total. The third kappa shape index (κ3) is 4.56. The first-order valence-corrected chi connectivity index (χ1v) is 10.4. The van der Waals surface area contributed by atoms with Crippen molar-refractivity contribution in [3.8, 4) is 0 Å². The summed E-state index contributed by atoms with van der Waals surface area (Å²) in [6.45, 7) is 6.62. The molecular formula is C26H26N4O. The van der Waals surface area contributed by atoms with Crippen molar-refractivity contribution in [3.05, 3.63) is 90.4 Å². The van der Waals surface area contributed by atoms with Crippen LogP contribution < -0.4 is 10.6 Å². The molecule has 2 aromatic heterocycles. The third-order valence-electron chi connectivity index (χ3n) is 5.76. The molecule has 0 aliphatic heterocycles. The van der Waals surface area contributed by atoms with Gasteiger partial charge in [-0.2, -0.15) is 0 Å². The van der Waals surface area contributed by atoms with Gasteiger partial charge in [0, 0.05) is 35.4 Å². The Labute approximate surface area is 182 Å². The number of hydrogen-bond donors (Lipinski definition) is 2. The number of rotatable bonds is 6. The van der Waals surface area contributed by atoms with Crippen molar-refractivity contribution in [2.45, 2.75) is 32.6 Å². The van der Waals surface area contributed by atoms with Gasteiger partial charge in [0.1, 0.15) is 5.82 Å². The smallest absolute Gasteiger partial charge is 0.259 e. The first kappa shape index (κ1) is 20.5. The summed E-state index contributed by atoms with van der Waals surface area (Å²) in [4.78, 5) is 21.5. The molecule has 0 aliphatic carbocycles. The molecule has 5 nitrogen and oxygen atoms in total. The van der Waals surface area contributed by atoms with E-state index in [-0.39, 0.29) is 11.3 Å². The predicted octanol–water partition coefficient (Wildman–Crippen LogP) is 6.31. The molecular weight excluding hydrogens is 384 g/mol. The van der Waals surface area contributed by atoms with Gasteiger partial charge in [0.2, 0.25) is 0 Å². The number of hydrogen-bond acceptors (Lipinski definition) is 4. The zero-order chi connectivity index (χ0) is 21.8. The van der Waals surface area contributed by atoms with Gasteiger partial charge in [0.15, 0.2) is 0 Å². The second-order valence-electron chi connectivity index (χ2n) is 8.23. The average molecular weight is 411 g/mol. The lowest BCUT2D eigenvalue weighted by Gasteiger charge is -2.23. The van der Waals surface area contributed by atoms with Gasteiger partial charge in [-0.05, 0) is 65.3 Å². The summed E-state index contributed by atoms with van der Waals surface area (Å²) in [5.41, 5.74) is 3.44. The van der Waals surface area contributed by atoms with E-state index in [2.05, 4.69) is 53.5 Å². The molecule has 0 bridgehead atoms. The average Bonchev–Trinajstić information content (AvgIpc) is 2.79. The Hall–Kier alpha value is -3.73. The standard InChI is InChI=1S/C26H26N4O/c1-4-26(2,3)20-8-11-21(12-9-20)30-25(31)23-6-5-14-28-24(23)29-22-10-7-18-13-15-27-17-19(18)16-22/h5-17H,4H2,1-3H3,(H,28,29)(H,30,31). The Bertz CT molecular complexity index is 1220. The Morgan fingerprint density at radius 2 is 1.71 bits per heavy atom. The highest BCUT2D eigenvalue weighted by Gasteiger charge is 2.18. The second kappa shape index (κ2) is 8.56. The van der Waals surface area contributed by atoms with Gasteiger partial charge in [-0.1, -0.05) is 39.0 Å². The van der Waals surface area contributed by atoms with Gasteiger partial charge in [-0.25, -0.2) is 4.98 Å². The van der Waals surface area contributed by atoms with Crippen LogP contribution in [0.2, 0.25) is 0 Å². The van der Waals surface area contributed by atoms with E-state index >= 15 is 0 Å². The van der Waals surface area contributed by atoms with Crippen LogP contribution in [0.3, 0.4) is 0 Å². The first-order valence-electron chi connectivity index (χ1n) is 10.4. The van der Waals surface area contributed by atoms with E-state index in [1.807, 2.05) is 42.6 Å². The highest BCUT2D eigenvalue weighted by Crippen LogP contribution is 2.28. The monoisotopic (exact) mass is 410 g/mol. The van der Waals surface area contributed by atoms with Crippen molar-refractivity contribution in [3.63, 3.8) is 0 Å². The van der Waals surface area contributed by atoms with Crippen molar-refractivity contribution in [1.82, 2.24) is 9.97 Å². The first-order chi connectivity index (χ1) is 15.0. The van der Waals surface area contributed by atoms with Crippen molar-refractivity contribution in [2.75, 3.05) is 10.6 Å². The molecule has 2 heterocycles. The number of nitrogens with one attached hydrogen (secondary N) is 2. The molecule has 0 fully saturated rings. The van der Waals surface area contributed by atoms with Crippen molar-refractivity contribution >= 4 is 33.9 Å². The van der Waals surface area contributed by atoms with Crippen LogP contribution in [0.1, 0.15) is 43.1 Å². The van der Waals surface area contributed by atoms with E-state index in [4.69, 9.17) is 0 Å². The predicted molar refractivity (Wildman–Crippen MR) is 127 cm³/mol. The number of fused-ring (bicyclic) bond motifs is 1. The zero-order valence-electron chi connectivity index (χ0n) is 18.0. The van der Waals surface area contributed by atoms with E-state index in [0.29, 0.717) is 11.4 Å². The summed E-state index contributed by atoms with van der Waals surface area (Å²) in [7, 11) is 0. The number of pyridine rings is 2. The maximum Gasteiger partial charge on any atom is 0.259 e. The fourth-order valence-corrected chi connectivity index (χ4v) is 3.39. The molecule has 0 radical (unpaired) electrons. The Morgan fingerprint density at radius 3 is 2.48 bits per heavy atom. The quantitative estimate of drug-likeness (QED) is 0.391. The molecule has 156 valence electrons. The van der Waals surface area contributed by atoms with Gasteiger partial charge >= 0.3 is 0 Å². The molecule has 4 aromatic rings. The van der Waals surface area contributed by atoms with E-state index in [9.17, 15) is 4.79 Å². The number of amides is 1. The van der Waals surface area contributed by atoms with Gasteiger partial charge in [-0.15, -0.1) is 0 Å². The SMILES string of the molecule is CCC(C)(C)c1ccc(NC(=O)c2cccnc2Nc2ccc3ccncc3c2)cc1. The summed E-state index contributed by atoms with van der Waals surface area (Å²) < 4.78 is 0. The highest BCUT2D eigenvalue weighted by atomic mass is 16.1. The van der Waals surface area contributed by atoms with Crippen LogP contribution in [-0.4, -0.2) is 15.9 Å². The minimum absolute atomic E-state index is 0.109. The number of benzene rings is 2. The van der Waals surface area contributed by atoms with E-state index < -0.39 is 0 Å². The minimum atomic E-state index is -0.208. The number of aromatic nitrogens is 2. The fraction of sp³-hybridized carbons (Fsp3) is 0.192. The third-order valence-corrected chi connectivity index (χ3v) is 5.76. The van der Waals surface area contributed by atoms with E-state index in [1.165, 1.54) is 5.56 Å². The molecule has 0 spiro atoms. The van der Waals surface area contributed by atoms with Crippen LogP contribution in [0.25, 0.3) is 10.8 Å². The highest BCUT2D eigenvalue weighted by molar-refractivity contribution is 6.07. The fourth-order valence-electron chi connectivity index (χ4n) is 3.39. The second-order valence-corrected chi connectivity index (χ2v) is 8.23. The molecule has 4 rings (SSSR count). The molecule has 0 atom stereocenters. The summed E-state index contributed by atoms with van der Waals surface area (Å²) in [6, 6.07) is 19.5. The van der Waals surface area contributed by atoms with Crippen LogP contribution in [0.5, 0.6) is 0 Å². The molecule has 2 aromatic carbocycles. The lowest BCUT2D eigenvalue weighted by atomic mass is 9.82. The zero-order valence-corrected chi connectivity index (χ0v) is 18.0. The van der Waals surface area contributed by atoms with Gasteiger partial charge in [0.25, 0.3) is 5.91 Å². The van der Waals surface area contributed by atoms with Crippen molar-refractivity contribution < 1.29 is 4.79 Å². The summed E-state index contributed by atoms with van der Waals surface area (Å²) >= 11 is 0. The van der Waals surface area contributed by atoms with Gasteiger partial charge in [-0.3, -0.25) is 9.78 Å². The molecule has 0 saturated heterocycles. The summed E-state index contributed by atoms with van der Waals surface area (Å²) in [5, 5.41) is 8.37. The minimum Gasteiger partial charge on any atom is -0.340 e. The topological polar surface area (TPSA) is 66.9 Å². The molecule has 1 amide bonds. The van der Waals surface area contributed by atoms with E-state index in [1.54, 1.807) is 24.5 Å². The molecule has 0 unspecified atom stereocenters.